The van der Waals surface area contributed by atoms with Gasteiger partial charge in [-0.15, -0.1) is 0 Å². The normalized spacial score (nSPS) is 15.2. The smallest absolute Gasteiger partial charge is 0.223 e. The highest BCUT2D eigenvalue weighted by Gasteiger charge is 2.18. The Morgan fingerprint density at radius 1 is 1.41 bits per heavy atom. The van der Waals surface area contributed by atoms with Crippen molar-refractivity contribution < 1.29 is 4.79 Å². The number of carbonyl (C=O) groups is 1. The van der Waals surface area contributed by atoms with E-state index in [0.717, 1.165) is 30.9 Å². The van der Waals surface area contributed by atoms with Crippen molar-refractivity contribution in [1.29, 1.82) is 0 Å². The summed E-state index contributed by atoms with van der Waals surface area (Å²) in [7, 11) is 0. The molecule has 0 bridgehead atoms. The van der Waals surface area contributed by atoms with Gasteiger partial charge in [-0.3, -0.25) is 4.79 Å². The van der Waals surface area contributed by atoms with Gasteiger partial charge in [0, 0.05) is 20.0 Å². The zero-order valence-corrected chi connectivity index (χ0v) is 10.8. The van der Waals surface area contributed by atoms with Crippen LogP contribution in [0.3, 0.4) is 0 Å². The number of hydrogen-bond acceptors (Lipinski definition) is 2. The molecular formula is C14H20N2O. The van der Waals surface area contributed by atoms with Crippen LogP contribution in [0.2, 0.25) is 0 Å². The maximum Gasteiger partial charge on any atom is 0.223 e. The zero-order valence-electron chi connectivity index (χ0n) is 10.8. The Bertz CT molecular complexity index is 426. The van der Waals surface area contributed by atoms with Gasteiger partial charge in [0.15, 0.2) is 0 Å². The van der Waals surface area contributed by atoms with Crippen LogP contribution in [0.1, 0.15) is 38.7 Å². The molecule has 3 heteroatoms. The Morgan fingerprint density at radius 3 is 2.82 bits per heavy atom. The molecule has 0 spiro atoms. The Balaban J connectivity index is 2.46. The number of anilines is 2. The van der Waals surface area contributed by atoms with Crippen molar-refractivity contribution >= 4 is 17.3 Å². The Kier molecular flexibility index (Phi) is 3.36. The summed E-state index contributed by atoms with van der Waals surface area (Å²) in [6.45, 7) is 7.71. The molecule has 0 saturated heterocycles. The summed E-state index contributed by atoms with van der Waals surface area (Å²) in [6, 6.07) is 6.37. The molecule has 17 heavy (non-hydrogen) atoms. The third-order valence-corrected chi connectivity index (χ3v) is 3.23. The summed E-state index contributed by atoms with van der Waals surface area (Å²) >= 11 is 0. The molecule has 0 unspecified atom stereocenters. The highest BCUT2D eigenvalue weighted by Crippen LogP contribution is 2.31. The quantitative estimate of drug-likeness (QED) is 0.807. The summed E-state index contributed by atoms with van der Waals surface area (Å²) in [4.78, 5) is 13.6. The maximum atomic E-state index is 11.7. The van der Waals surface area contributed by atoms with Gasteiger partial charge in [0.2, 0.25) is 5.91 Å². The molecule has 1 amide bonds. The lowest BCUT2D eigenvalue weighted by Crippen LogP contribution is -2.29. The van der Waals surface area contributed by atoms with Gasteiger partial charge >= 0.3 is 0 Å². The number of nitrogens with zero attached hydrogens (tertiary/aromatic N) is 1. The minimum absolute atomic E-state index is 0.121. The van der Waals surface area contributed by atoms with E-state index in [-0.39, 0.29) is 5.91 Å². The fraction of sp³-hybridized carbons (Fsp3) is 0.500. The minimum atomic E-state index is 0.121. The lowest BCUT2D eigenvalue weighted by Gasteiger charge is -2.22. The van der Waals surface area contributed by atoms with Gasteiger partial charge in [-0.1, -0.05) is 19.9 Å². The standard InChI is InChI=1S/C14H20N2O/c1-10(2)12-5-6-13-14(9-12)16(11(3)17)8-4-7-15-13/h5-6,9-10,15H,4,7-8H2,1-3H3. The number of amides is 1. The summed E-state index contributed by atoms with van der Waals surface area (Å²) in [5.74, 6) is 0.605. The second-order valence-corrected chi connectivity index (χ2v) is 4.88. The molecule has 3 nitrogen and oxygen atoms in total. The number of fused-ring (bicyclic) bond motifs is 1. The van der Waals surface area contributed by atoms with Gasteiger partial charge in [-0.05, 0) is 30.0 Å². The third-order valence-electron chi connectivity index (χ3n) is 3.23. The first-order valence-corrected chi connectivity index (χ1v) is 6.25. The fourth-order valence-electron chi connectivity index (χ4n) is 2.19. The zero-order chi connectivity index (χ0) is 12.4. The van der Waals surface area contributed by atoms with Gasteiger partial charge in [0.05, 0.1) is 11.4 Å². The molecule has 1 aliphatic rings. The molecule has 0 radical (unpaired) electrons. The van der Waals surface area contributed by atoms with Gasteiger partial charge < -0.3 is 10.2 Å². The molecule has 1 aliphatic heterocycles. The second-order valence-electron chi connectivity index (χ2n) is 4.88. The van der Waals surface area contributed by atoms with Crippen molar-refractivity contribution in [2.75, 3.05) is 23.3 Å². The van der Waals surface area contributed by atoms with Crippen LogP contribution in [0.5, 0.6) is 0 Å². The SMILES string of the molecule is CC(=O)N1CCCNc2ccc(C(C)C)cc21. The summed E-state index contributed by atoms with van der Waals surface area (Å²) in [6.07, 6.45) is 0.991. The van der Waals surface area contributed by atoms with E-state index in [1.54, 1.807) is 6.92 Å². The van der Waals surface area contributed by atoms with E-state index in [4.69, 9.17) is 0 Å². The van der Waals surface area contributed by atoms with Crippen LogP contribution in [-0.2, 0) is 4.79 Å². The van der Waals surface area contributed by atoms with Gasteiger partial charge in [-0.25, -0.2) is 0 Å². The predicted molar refractivity (Wildman–Crippen MR) is 71.7 cm³/mol. The number of nitrogens with one attached hydrogen (secondary N) is 1. The van der Waals surface area contributed by atoms with E-state index < -0.39 is 0 Å². The van der Waals surface area contributed by atoms with Crippen LogP contribution in [0.25, 0.3) is 0 Å². The van der Waals surface area contributed by atoms with Gasteiger partial charge in [-0.2, -0.15) is 0 Å². The van der Waals surface area contributed by atoms with E-state index in [0.29, 0.717) is 5.92 Å². The molecule has 1 heterocycles. The molecular weight excluding hydrogens is 212 g/mol. The summed E-state index contributed by atoms with van der Waals surface area (Å²) in [5.41, 5.74) is 3.38. The van der Waals surface area contributed by atoms with Crippen molar-refractivity contribution in [1.82, 2.24) is 0 Å². The lowest BCUT2D eigenvalue weighted by atomic mass is 10.0. The van der Waals surface area contributed by atoms with Crippen LogP contribution in [-0.4, -0.2) is 19.0 Å². The predicted octanol–water partition coefficient (Wildman–Crippen LogP) is 2.98. The van der Waals surface area contributed by atoms with E-state index in [9.17, 15) is 4.79 Å². The van der Waals surface area contributed by atoms with Crippen LogP contribution in [0, 0.1) is 0 Å². The van der Waals surface area contributed by atoms with Crippen molar-refractivity contribution in [3.63, 3.8) is 0 Å². The maximum absolute atomic E-state index is 11.7. The highest BCUT2D eigenvalue weighted by atomic mass is 16.2. The molecule has 92 valence electrons. The molecule has 0 atom stereocenters. The number of carbonyl (C=O) groups excluding carboxylic acids is 1. The Labute approximate surface area is 103 Å². The van der Waals surface area contributed by atoms with Gasteiger partial charge in [0.25, 0.3) is 0 Å². The van der Waals surface area contributed by atoms with Crippen LogP contribution < -0.4 is 10.2 Å². The molecule has 1 aromatic rings. The second kappa shape index (κ2) is 4.78. The van der Waals surface area contributed by atoms with Crippen molar-refractivity contribution in [2.24, 2.45) is 0 Å². The van der Waals surface area contributed by atoms with Crippen LogP contribution in [0.15, 0.2) is 18.2 Å². The van der Waals surface area contributed by atoms with Crippen LogP contribution in [0.4, 0.5) is 11.4 Å². The molecule has 0 fully saturated rings. The monoisotopic (exact) mass is 232 g/mol. The minimum Gasteiger partial charge on any atom is -0.383 e. The van der Waals surface area contributed by atoms with E-state index in [2.05, 4.69) is 37.4 Å². The van der Waals surface area contributed by atoms with E-state index in [1.165, 1.54) is 5.56 Å². The number of rotatable bonds is 1. The first-order valence-electron chi connectivity index (χ1n) is 6.25. The Morgan fingerprint density at radius 2 is 2.18 bits per heavy atom. The number of hydrogen-bond donors (Lipinski definition) is 1. The molecule has 0 aromatic heterocycles. The van der Waals surface area contributed by atoms with Crippen molar-refractivity contribution in [2.45, 2.75) is 33.1 Å². The lowest BCUT2D eigenvalue weighted by molar-refractivity contribution is -0.116. The summed E-state index contributed by atoms with van der Waals surface area (Å²) < 4.78 is 0. The topological polar surface area (TPSA) is 32.3 Å². The molecule has 0 aliphatic carbocycles. The average Bonchev–Trinajstić information content (AvgIpc) is 2.49. The first-order chi connectivity index (χ1) is 8.09. The summed E-state index contributed by atoms with van der Waals surface area (Å²) in [5, 5.41) is 3.38. The molecule has 1 N–H and O–H groups in total. The van der Waals surface area contributed by atoms with Crippen molar-refractivity contribution in [3.8, 4) is 0 Å². The third kappa shape index (κ3) is 2.43. The fourth-order valence-corrected chi connectivity index (χ4v) is 2.19. The highest BCUT2D eigenvalue weighted by molar-refractivity contribution is 5.95. The Hall–Kier alpha value is -1.51. The van der Waals surface area contributed by atoms with Crippen molar-refractivity contribution in [3.05, 3.63) is 23.8 Å². The van der Waals surface area contributed by atoms with E-state index in [1.807, 2.05) is 4.90 Å². The molecule has 1 aromatic carbocycles. The van der Waals surface area contributed by atoms with E-state index >= 15 is 0 Å². The largest absolute Gasteiger partial charge is 0.383 e. The molecule has 2 rings (SSSR count). The van der Waals surface area contributed by atoms with Gasteiger partial charge in [0.1, 0.15) is 0 Å². The van der Waals surface area contributed by atoms with Crippen LogP contribution >= 0.6 is 0 Å². The first kappa shape index (κ1) is 12.0. The molecule has 0 saturated carbocycles. The number of benzene rings is 1. The average molecular weight is 232 g/mol.